The molecule has 0 saturated carbocycles. The molecule has 3 amide bonds. The summed E-state index contributed by atoms with van der Waals surface area (Å²) in [7, 11) is -3.26. The number of thiophene rings is 1. The molecule has 4 atom stereocenters. The Morgan fingerprint density at radius 1 is 0.962 bits per heavy atom. The maximum absolute atomic E-state index is 14.8. The predicted octanol–water partition coefficient (Wildman–Crippen LogP) is 5.66. The maximum atomic E-state index is 14.8. The Hall–Kier alpha value is -4.38. The lowest BCUT2D eigenvalue weighted by Crippen LogP contribution is -2.52. The second-order valence-corrected chi connectivity index (χ2v) is 16.4. The largest absolute Gasteiger partial charge is 0.453 e. The number of amides is 3. The average molecular weight is 763 g/mol. The predicted molar refractivity (Wildman–Crippen MR) is 191 cm³/mol. The van der Waals surface area contributed by atoms with Crippen molar-refractivity contribution in [3.8, 4) is 0 Å². The summed E-state index contributed by atoms with van der Waals surface area (Å²) < 4.78 is 78.1. The van der Waals surface area contributed by atoms with Crippen LogP contribution in [0, 0.1) is 5.41 Å². The molecule has 2 heterocycles. The fourth-order valence-electron chi connectivity index (χ4n) is 5.61. The van der Waals surface area contributed by atoms with Gasteiger partial charge in [0.2, 0.25) is 15.9 Å². The topological polar surface area (TPSA) is 154 Å². The van der Waals surface area contributed by atoms with E-state index in [1.807, 2.05) is 20.8 Å². The van der Waals surface area contributed by atoms with Crippen LogP contribution < -0.4 is 10.6 Å². The molecular weight excluding hydrogens is 722 g/mol. The van der Waals surface area contributed by atoms with Crippen LogP contribution in [0.15, 0.2) is 89.9 Å². The first-order valence-electron chi connectivity index (χ1n) is 16.2. The number of carbonyl (C=O) groups is 3. The van der Waals surface area contributed by atoms with Crippen molar-refractivity contribution in [1.29, 1.82) is 0 Å². The van der Waals surface area contributed by atoms with E-state index < -0.39 is 70.0 Å². The summed E-state index contributed by atoms with van der Waals surface area (Å²) >= 11 is 0.580. The lowest BCUT2D eigenvalue weighted by Gasteiger charge is -2.33. The first-order valence-corrected chi connectivity index (χ1v) is 18.6. The van der Waals surface area contributed by atoms with E-state index in [2.05, 4.69) is 15.6 Å². The summed E-state index contributed by atoms with van der Waals surface area (Å²) in [4.78, 5) is 41.4. The summed E-state index contributed by atoms with van der Waals surface area (Å²) in [6, 6.07) is 13.9. The lowest BCUT2D eigenvalue weighted by atomic mass is 9.84. The van der Waals surface area contributed by atoms with Gasteiger partial charge in [0.25, 0.3) is 5.91 Å². The molecule has 1 aliphatic heterocycles. The molecule has 0 aliphatic carbocycles. The first-order chi connectivity index (χ1) is 24.5. The number of nitrogens with zero attached hydrogens (tertiary/aromatic N) is 2. The molecule has 0 fully saturated rings. The molecule has 0 spiro atoms. The number of aliphatic hydroxyl groups excluding tert-OH is 1. The third-order valence-electron chi connectivity index (χ3n) is 8.32. The highest BCUT2D eigenvalue weighted by molar-refractivity contribution is 7.90. The van der Waals surface area contributed by atoms with Gasteiger partial charge in [-0.25, -0.2) is 18.2 Å². The van der Waals surface area contributed by atoms with Gasteiger partial charge < -0.3 is 20.5 Å². The van der Waals surface area contributed by atoms with Crippen molar-refractivity contribution in [2.24, 2.45) is 10.4 Å². The summed E-state index contributed by atoms with van der Waals surface area (Å²) in [5.41, 5.74) is 0.715. The normalized spacial score (nSPS) is 16.8. The Balaban J connectivity index is 1.73. The molecule has 4 rings (SSSR count). The highest BCUT2D eigenvalue weighted by Gasteiger charge is 2.46. The molecule has 3 aromatic rings. The van der Waals surface area contributed by atoms with Crippen molar-refractivity contribution in [1.82, 2.24) is 14.9 Å². The van der Waals surface area contributed by atoms with Gasteiger partial charge in [-0.1, -0.05) is 87.5 Å². The maximum Gasteiger partial charge on any atom is 0.413 e. The minimum Gasteiger partial charge on any atom is -0.453 e. The summed E-state index contributed by atoms with van der Waals surface area (Å²) in [6.07, 6.45) is -2.60. The van der Waals surface area contributed by atoms with Crippen LogP contribution >= 0.6 is 11.3 Å². The number of dihydropyridines is 1. The van der Waals surface area contributed by atoms with E-state index in [1.54, 1.807) is 60.7 Å². The smallest absolute Gasteiger partial charge is 0.413 e. The Morgan fingerprint density at radius 2 is 1.54 bits per heavy atom. The number of nitrogens with one attached hydrogen (secondary N) is 2. The highest BCUT2D eigenvalue weighted by atomic mass is 32.2. The molecule has 0 saturated heterocycles. The van der Waals surface area contributed by atoms with E-state index in [0.29, 0.717) is 28.9 Å². The number of halogens is 3. The van der Waals surface area contributed by atoms with Crippen molar-refractivity contribution >= 4 is 45.5 Å². The molecule has 0 bridgehead atoms. The molecule has 0 radical (unpaired) electrons. The minimum absolute atomic E-state index is 0.0852. The number of hydrogen-bond donors (Lipinski definition) is 3. The minimum atomic E-state index is -5.04. The Bertz CT molecular complexity index is 1810. The van der Waals surface area contributed by atoms with Gasteiger partial charge in [-0.3, -0.25) is 9.59 Å². The zero-order valence-corrected chi connectivity index (χ0v) is 30.5. The zero-order valence-electron chi connectivity index (χ0n) is 28.9. The molecule has 1 aliphatic rings. The van der Waals surface area contributed by atoms with Gasteiger partial charge in [0.15, 0.2) is 6.04 Å². The van der Waals surface area contributed by atoms with Crippen molar-refractivity contribution < 1.29 is 45.8 Å². The Labute approximate surface area is 304 Å². The van der Waals surface area contributed by atoms with Crippen LogP contribution in [-0.4, -0.2) is 79.7 Å². The van der Waals surface area contributed by atoms with Gasteiger partial charge in [-0.05, 0) is 35.1 Å². The number of ether oxygens (including phenoxy) is 1. The fourth-order valence-corrected chi connectivity index (χ4v) is 8.56. The van der Waals surface area contributed by atoms with Gasteiger partial charge in [0.05, 0.1) is 19.8 Å². The van der Waals surface area contributed by atoms with Gasteiger partial charge >= 0.3 is 12.3 Å². The van der Waals surface area contributed by atoms with Gasteiger partial charge in [0.1, 0.15) is 11.3 Å². The number of methoxy groups -OCH3 is 1. The number of aliphatic hydroxyl groups is 1. The molecule has 1 aromatic heterocycles. The van der Waals surface area contributed by atoms with Gasteiger partial charge in [0, 0.05) is 34.5 Å². The van der Waals surface area contributed by atoms with Crippen molar-refractivity contribution in [2.45, 2.75) is 62.7 Å². The molecule has 3 N–H and O–H groups in total. The van der Waals surface area contributed by atoms with Crippen LogP contribution in [0.5, 0.6) is 0 Å². The Kier molecular flexibility index (Phi) is 13.2. The molecule has 52 heavy (non-hydrogen) atoms. The molecule has 16 heteroatoms. The second kappa shape index (κ2) is 17.0. The van der Waals surface area contributed by atoms with Crippen molar-refractivity contribution in [3.63, 3.8) is 0 Å². The summed E-state index contributed by atoms with van der Waals surface area (Å²) in [5, 5.41) is 13.7. The van der Waals surface area contributed by atoms with E-state index in [0.717, 1.165) is 35.8 Å². The second-order valence-electron chi connectivity index (χ2n) is 13.2. The van der Waals surface area contributed by atoms with Crippen LogP contribution in [0.3, 0.4) is 0 Å². The number of carbonyl (C=O) groups excluding carboxylic acids is 3. The quantitative estimate of drug-likeness (QED) is 0.192. The average Bonchev–Trinajstić information content (AvgIpc) is 3.57. The lowest BCUT2D eigenvalue weighted by molar-refractivity contribution is -0.163. The van der Waals surface area contributed by atoms with Crippen LogP contribution in [0.2, 0.25) is 0 Å². The number of alkyl halides is 3. The summed E-state index contributed by atoms with van der Waals surface area (Å²) in [6.45, 7) is 4.77. The highest BCUT2D eigenvalue weighted by Crippen LogP contribution is 2.40. The van der Waals surface area contributed by atoms with Crippen molar-refractivity contribution in [2.75, 3.05) is 20.3 Å². The zero-order chi connectivity index (χ0) is 38.3. The number of hydrogen-bond acceptors (Lipinski definition) is 8. The third kappa shape index (κ3) is 10.1. The van der Waals surface area contributed by atoms with Crippen LogP contribution in [-0.2, 0) is 24.3 Å². The van der Waals surface area contributed by atoms with E-state index in [9.17, 15) is 41.1 Å². The van der Waals surface area contributed by atoms with E-state index in [1.165, 1.54) is 6.07 Å². The van der Waals surface area contributed by atoms with Gasteiger partial charge in [-0.2, -0.15) is 17.5 Å². The van der Waals surface area contributed by atoms with E-state index >= 15 is 0 Å². The Morgan fingerprint density at radius 3 is 2.02 bits per heavy atom. The molecule has 280 valence electrons. The van der Waals surface area contributed by atoms with Crippen LogP contribution in [0.1, 0.15) is 66.1 Å². The third-order valence-corrected chi connectivity index (χ3v) is 11.6. The van der Waals surface area contributed by atoms with E-state index in [-0.39, 0.29) is 21.7 Å². The molecule has 1 unspecified atom stereocenters. The van der Waals surface area contributed by atoms with E-state index in [4.69, 9.17) is 4.74 Å². The first kappa shape index (κ1) is 40.4. The monoisotopic (exact) mass is 762 g/mol. The van der Waals surface area contributed by atoms with Gasteiger partial charge in [-0.15, -0.1) is 11.3 Å². The molecule has 11 nitrogen and oxygen atoms in total. The number of rotatable bonds is 14. The molecule has 2 aromatic carbocycles. The number of alkyl carbamates (subject to hydrolysis) is 1. The molecular formula is C36H41F3N4O7S2. The SMILES string of the molecule is COC(=O)N[C@H](C(=O)N[C@H](c1ccc([C@@H](CO)N(CCC(C)(C)C)S(=O)(=O)C2C=CC(=O)N=C2)s1)C(F)(F)F)C(c1ccccc1)c1ccccc1. The van der Waals surface area contributed by atoms with Crippen molar-refractivity contribution in [3.05, 3.63) is 106 Å². The number of sulfonamides is 1. The van der Waals surface area contributed by atoms with Crippen LogP contribution in [0.25, 0.3) is 0 Å². The summed E-state index contributed by atoms with van der Waals surface area (Å²) in [5.74, 6) is -2.73. The number of benzene rings is 2. The standard InChI is InChI=1S/C36H41F3N4O7S2/c1-35(2,3)19-20-43(52(48,49)25-15-18-29(45)40-21-25)26(22-44)27-16-17-28(51-27)32(36(37,38)39)42-33(46)31(41-34(47)50-4)30(23-11-7-5-8-12-23)24-13-9-6-10-14-24/h5-18,21,25-26,30-32,44H,19-20,22H2,1-4H3,(H,41,47)(H,42,46)/t25?,26-,31+,32-/m1/s1. The van der Waals surface area contributed by atoms with Crippen LogP contribution in [0.4, 0.5) is 18.0 Å². The fraction of sp³-hybridized carbons (Fsp3) is 0.389. The number of aliphatic imine (C=N–C) groups is 1.